The summed E-state index contributed by atoms with van der Waals surface area (Å²) in [6.07, 6.45) is 0.960. The molecular weight excluding hydrogens is 241 g/mol. The zero-order chi connectivity index (χ0) is 13.2. The van der Waals surface area contributed by atoms with Crippen molar-refractivity contribution in [3.05, 3.63) is 58.9 Å². The second kappa shape index (κ2) is 4.92. The van der Waals surface area contributed by atoms with Gasteiger partial charge in [-0.2, -0.15) is 0 Å². The molecule has 98 valence electrons. The van der Waals surface area contributed by atoms with Crippen molar-refractivity contribution in [1.82, 2.24) is 0 Å². The Morgan fingerprint density at radius 2 is 2.11 bits per heavy atom. The van der Waals surface area contributed by atoms with Crippen molar-refractivity contribution >= 4 is 5.69 Å². The van der Waals surface area contributed by atoms with Crippen LogP contribution in [-0.2, 0) is 13.0 Å². The van der Waals surface area contributed by atoms with Crippen LogP contribution in [0.5, 0.6) is 5.75 Å². The van der Waals surface area contributed by atoms with E-state index < -0.39 is 0 Å². The van der Waals surface area contributed by atoms with E-state index in [9.17, 15) is 4.39 Å². The summed E-state index contributed by atoms with van der Waals surface area (Å²) in [5, 5.41) is 3.13. The van der Waals surface area contributed by atoms with Gasteiger partial charge in [-0.05, 0) is 41.8 Å². The summed E-state index contributed by atoms with van der Waals surface area (Å²) in [6.45, 7) is 3.26. The molecule has 0 aliphatic carbocycles. The van der Waals surface area contributed by atoms with Crippen molar-refractivity contribution < 1.29 is 9.13 Å². The molecule has 2 aromatic carbocycles. The SMILES string of the molecule is Cc1ccc(NCc2ccc3c(c2)CCO3)c(F)c1. The quantitative estimate of drug-likeness (QED) is 0.905. The summed E-state index contributed by atoms with van der Waals surface area (Å²) in [5.41, 5.74) is 3.85. The topological polar surface area (TPSA) is 21.3 Å². The molecule has 2 aromatic rings. The van der Waals surface area contributed by atoms with E-state index >= 15 is 0 Å². The predicted octanol–water partition coefficient (Wildman–Crippen LogP) is 3.68. The first-order valence-electron chi connectivity index (χ1n) is 6.47. The highest BCUT2D eigenvalue weighted by atomic mass is 19.1. The first-order chi connectivity index (χ1) is 9.22. The van der Waals surface area contributed by atoms with Crippen LogP contribution < -0.4 is 10.1 Å². The zero-order valence-corrected chi connectivity index (χ0v) is 10.9. The van der Waals surface area contributed by atoms with Gasteiger partial charge in [0, 0.05) is 13.0 Å². The standard InChI is InChI=1S/C16H16FNO/c1-11-2-4-15(14(17)8-11)18-10-12-3-5-16-13(9-12)6-7-19-16/h2-5,8-9,18H,6-7,10H2,1H3. The third-order valence-corrected chi connectivity index (χ3v) is 3.36. The maximum Gasteiger partial charge on any atom is 0.146 e. The van der Waals surface area contributed by atoms with E-state index in [1.807, 2.05) is 25.1 Å². The van der Waals surface area contributed by atoms with E-state index in [0.29, 0.717) is 12.2 Å². The Balaban J connectivity index is 1.72. The molecule has 0 saturated carbocycles. The van der Waals surface area contributed by atoms with Gasteiger partial charge in [0.25, 0.3) is 0 Å². The zero-order valence-electron chi connectivity index (χ0n) is 10.9. The number of anilines is 1. The molecule has 0 unspecified atom stereocenters. The number of hydrogen-bond acceptors (Lipinski definition) is 2. The fourth-order valence-electron chi connectivity index (χ4n) is 2.31. The van der Waals surface area contributed by atoms with Crippen molar-refractivity contribution in [3.63, 3.8) is 0 Å². The van der Waals surface area contributed by atoms with Gasteiger partial charge in [-0.1, -0.05) is 18.2 Å². The van der Waals surface area contributed by atoms with E-state index in [2.05, 4.69) is 11.4 Å². The minimum Gasteiger partial charge on any atom is -0.493 e. The smallest absolute Gasteiger partial charge is 0.146 e. The number of halogens is 1. The second-order valence-electron chi connectivity index (χ2n) is 4.88. The van der Waals surface area contributed by atoms with Crippen molar-refractivity contribution in [3.8, 4) is 5.75 Å². The Hall–Kier alpha value is -2.03. The molecule has 0 fully saturated rings. The average Bonchev–Trinajstić information content (AvgIpc) is 2.85. The summed E-state index contributed by atoms with van der Waals surface area (Å²) >= 11 is 0. The van der Waals surface area contributed by atoms with Crippen LogP contribution in [0.4, 0.5) is 10.1 Å². The fraction of sp³-hybridized carbons (Fsp3) is 0.250. The molecule has 0 amide bonds. The molecule has 0 aromatic heterocycles. The Bertz CT molecular complexity index is 610. The van der Waals surface area contributed by atoms with Crippen LogP contribution in [0.15, 0.2) is 36.4 Å². The number of nitrogens with one attached hydrogen (secondary N) is 1. The van der Waals surface area contributed by atoms with Crippen LogP contribution in [0, 0.1) is 12.7 Å². The van der Waals surface area contributed by atoms with E-state index in [1.165, 1.54) is 5.56 Å². The molecule has 0 spiro atoms. The number of benzene rings is 2. The predicted molar refractivity (Wildman–Crippen MR) is 74.1 cm³/mol. The lowest BCUT2D eigenvalue weighted by Crippen LogP contribution is -2.02. The van der Waals surface area contributed by atoms with Crippen molar-refractivity contribution in [1.29, 1.82) is 0 Å². The van der Waals surface area contributed by atoms with Crippen LogP contribution in [-0.4, -0.2) is 6.61 Å². The Kier molecular flexibility index (Phi) is 3.11. The first-order valence-corrected chi connectivity index (χ1v) is 6.47. The lowest BCUT2D eigenvalue weighted by molar-refractivity contribution is 0.357. The summed E-state index contributed by atoms with van der Waals surface area (Å²) < 4.78 is 19.2. The van der Waals surface area contributed by atoms with Gasteiger partial charge in [-0.3, -0.25) is 0 Å². The molecule has 1 heterocycles. The van der Waals surface area contributed by atoms with Gasteiger partial charge in [0.2, 0.25) is 0 Å². The van der Waals surface area contributed by atoms with Crippen LogP contribution in [0.3, 0.4) is 0 Å². The van der Waals surface area contributed by atoms with Crippen LogP contribution >= 0.6 is 0 Å². The largest absolute Gasteiger partial charge is 0.493 e. The number of fused-ring (bicyclic) bond motifs is 1. The lowest BCUT2D eigenvalue weighted by Gasteiger charge is -2.09. The molecule has 1 N–H and O–H groups in total. The highest BCUT2D eigenvalue weighted by molar-refractivity contribution is 5.47. The molecule has 3 heteroatoms. The molecule has 1 aliphatic heterocycles. The van der Waals surface area contributed by atoms with Crippen LogP contribution in [0.2, 0.25) is 0 Å². The molecule has 0 bridgehead atoms. The highest BCUT2D eigenvalue weighted by Gasteiger charge is 2.12. The molecule has 19 heavy (non-hydrogen) atoms. The van der Waals surface area contributed by atoms with Gasteiger partial charge in [0.15, 0.2) is 0 Å². The molecule has 3 rings (SSSR count). The Morgan fingerprint density at radius 1 is 1.21 bits per heavy atom. The normalized spacial score (nSPS) is 12.9. The highest BCUT2D eigenvalue weighted by Crippen LogP contribution is 2.26. The molecular formula is C16H16FNO. The maximum atomic E-state index is 13.7. The van der Waals surface area contributed by atoms with E-state index in [4.69, 9.17) is 4.74 Å². The van der Waals surface area contributed by atoms with Crippen molar-refractivity contribution in [2.24, 2.45) is 0 Å². The fourth-order valence-corrected chi connectivity index (χ4v) is 2.31. The second-order valence-corrected chi connectivity index (χ2v) is 4.88. The molecule has 2 nitrogen and oxygen atoms in total. The minimum atomic E-state index is -0.204. The number of hydrogen-bond donors (Lipinski definition) is 1. The number of ether oxygens (including phenoxy) is 1. The monoisotopic (exact) mass is 257 g/mol. The minimum absolute atomic E-state index is 0.204. The van der Waals surface area contributed by atoms with E-state index in [0.717, 1.165) is 29.9 Å². The van der Waals surface area contributed by atoms with Gasteiger partial charge in [0.1, 0.15) is 11.6 Å². The number of rotatable bonds is 3. The van der Waals surface area contributed by atoms with Crippen molar-refractivity contribution in [2.45, 2.75) is 19.9 Å². The molecule has 0 radical (unpaired) electrons. The average molecular weight is 257 g/mol. The summed E-state index contributed by atoms with van der Waals surface area (Å²) in [5.74, 6) is 0.773. The lowest BCUT2D eigenvalue weighted by atomic mass is 10.1. The Morgan fingerprint density at radius 3 is 2.95 bits per heavy atom. The summed E-state index contributed by atoms with van der Waals surface area (Å²) in [7, 11) is 0. The van der Waals surface area contributed by atoms with Crippen LogP contribution in [0.1, 0.15) is 16.7 Å². The van der Waals surface area contributed by atoms with Gasteiger partial charge in [-0.25, -0.2) is 4.39 Å². The van der Waals surface area contributed by atoms with Gasteiger partial charge >= 0.3 is 0 Å². The maximum absolute atomic E-state index is 13.7. The third kappa shape index (κ3) is 2.55. The van der Waals surface area contributed by atoms with Crippen molar-refractivity contribution in [2.75, 3.05) is 11.9 Å². The molecule has 1 aliphatic rings. The molecule has 0 saturated heterocycles. The summed E-state index contributed by atoms with van der Waals surface area (Å²) in [6, 6.07) is 11.4. The van der Waals surface area contributed by atoms with Gasteiger partial charge in [0.05, 0.1) is 12.3 Å². The first kappa shape index (κ1) is 12.0. The third-order valence-electron chi connectivity index (χ3n) is 3.36. The number of aryl methyl sites for hydroxylation is 1. The summed E-state index contributed by atoms with van der Waals surface area (Å²) in [4.78, 5) is 0. The Labute approximate surface area is 112 Å². The molecule has 0 atom stereocenters. The van der Waals surface area contributed by atoms with Gasteiger partial charge in [-0.15, -0.1) is 0 Å². The van der Waals surface area contributed by atoms with Gasteiger partial charge < -0.3 is 10.1 Å². The van der Waals surface area contributed by atoms with E-state index in [-0.39, 0.29) is 5.82 Å². The van der Waals surface area contributed by atoms with E-state index in [1.54, 1.807) is 12.1 Å². The van der Waals surface area contributed by atoms with Crippen LogP contribution in [0.25, 0.3) is 0 Å².